The van der Waals surface area contributed by atoms with Crippen LogP contribution in [-0.4, -0.2) is 17.2 Å². The minimum atomic E-state index is -0.136. The summed E-state index contributed by atoms with van der Waals surface area (Å²) in [7, 11) is 0. The Morgan fingerprint density at radius 3 is 2.60 bits per heavy atom. The van der Waals surface area contributed by atoms with E-state index in [4.69, 9.17) is 0 Å². The maximum atomic E-state index is 12.5. The molecule has 3 aliphatic carbocycles. The van der Waals surface area contributed by atoms with E-state index < -0.39 is 0 Å². The van der Waals surface area contributed by atoms with Gasteiger partial charge in [-0.2, -0.15) is 5.11 Å². The van der Waals surface area contributed by atoms with Crippen LogP contribution in [-0.2, 0) is 16.0 Å². The minimum Gasteiger partial charge on any atom is -0.506 e. The summed E-state index contributed by atoms with van der Waals surface area (Å²) in [4.78, 5) is 23.2. The van der Waals surface area contributed by atoms with Crippen LogP contribution in [0.1, 0.15) is 61.6 Å². The molecule has 2 aromatic rings. The molecular formula is C25H25N2O3. The number of phenols is 1. The van der Waals surface area contributed by atoms with Crippen LogP contribution in [0, 0.1) is 17.3 Å². The number of nitrogens with zero attached hydrogens (tertiary/aromatic N) is 2. The normalized spacial score (nSPS) is 30.0. The smallest absolute Gasteiger partial charge is 0.233 e. The van der Waals surface area contributed by atoms with Crippen LogP contribution in [0.3, 0.4) is 0 Å². The Kier molecular flexibility index (Phi) is 4.57. The van der Waals surface area contributed by atoms with E-state index in [1.165, 1.54) is 5.56 Å². The molecule has 0 aliphatic heterocycles. The topological polar surface area (TPSA) is 79.1 Å². The number of carbonyl (C=O) groups excluding carboxylic acids is 2. The third-order valence-corrected chi connectivity index (χ3v) is 7.82. The largest absolute Gasteiger partial charge is 0.506 e. The Bertz CT molecular complexity index is 1040. The molecule has 3 unspecified atom stereocenters. The Hall–Kier alpha value is -2.82. The van der Waals surface area contributed by atoms with E-state index in [9.17, 15) is 14.7 Å². The first-order valence-electron chi connectivity index (χ1n) is 10.8. The van der Waals surface area contributed by atoms with Crippen molar-refractivity contribution in [2.75, 3.05) is 0 Å². The lowest BCUT2D eigenvalue weighted by atomic mass is 9.55. The van der Waals surface area contributed by atoms with Crippen molar-refractivity contribution in [2.24, 2.45) is 27.5 Å². The van der Waals surface area contributed by atoms with Crippen molar-refractivity contribution < 1.29 is 14.7 Å². The zero-order valence-electron chi connectivity index (χ0n) is 17.1. The lowest BCUT2D eigenvalue weighted by Gasteiger charge is -2.48. The molecule has 2 fully saturated rings. The third kappa shape index (κ3) is 2.91. The van der Waals surface area contributed by atoms with E-state index >= 15 is 0 Å². The summed E-state index contributed by atoms with van der Waals surface area (Å²) in [6.07, 6.45) is 7.43. The number of benzene rings is 2. The minimum absolute atomic E-state index is 0.136. The van der Waals surface area contributed by atoms with Gasteiger partial charge in [0.25, 0.3) is 0 Å². The summed E-state index contributed by atoms with van der Waals surface area (Å²) in [5.41, 5.74) is 3.86. The standard InChI is InChI=1S/C25H25N2O3/c1-25-13-12-18-17-8-10-22(29)24(27-26-16-4-2-15(14-28)3-5-16)20(17)7-6-19(18)21(25)9-11-23(25)30/h2-5,8,10,18-19,21,29H,6-7,9,11-13H2,1H3/t18?,19?,21?,25-/m0/s1. The number of phenolic OH excluding ortho intramolecular Hbond substituents is 1. The molecule has 0 bridgehead atoms. The van der Waals surface area contributed by atoms with Gasteiger partial charge < -0.3 is 5.11 Å². The van der Waals surface area contributed by atoms with Gasteiger partial charge in [-0.05, 0) is 91.3 Å². The molecule has 0 heterocycles. The summed E-state index contributed by atoms with van der Waals surface area (Å²) >= 11 is 0. The van der Waals surface area contributed by atoms with Gasteiger partial charge in [0.05, 0.1) is 5.69 Å². The van der Waals surface area contributed by atoms with Crippen LogP contribution < -0.4 is 0 Å². The number of carbonyl (C=O) groups is 1. The van der Waals surface area contributed by atoms with Gasteiger partial charge in [0.2, 0.25) is 6.29 Å². The van der Waals surface area contributed by atoms with E-state index in [1.807, 2.05) is 6.29 Å². The highest BCUT2D eigenvalue weighted by molar-refractivity contribution is 5.87. The van der Waals surface area contributed by atoms with E-state index in [0.29, 0.717) is 40.5 Å². The molecule has 1 N–H and O–H groups in total. The monoisotopic (exact) mass is 401 g/mol. The van der Waals surface area contributed by atoms with Crippen molar-refractivity contribution in [1.82, 2.24) is 0 Å². The van der Waals surface area contributed by atoms with Crippen molar-refractivity contribution in [3.8, 4) is 5.75 Å². The molecule has 153 valence electrons. The zero-order valence-corrected chi connectivity index (χ0v) is 17.1. The fraction of sp³-hybridized carbons (Fsp3) is 0.440. The summed E-state index contributed by atoms with van der Waals surface area (Å²) in [6, 6.07) is 10.5. The van der Waals surface area contributed by atoms with Crippen LogP contribution >= 0.6 is 0 Å². The van der Waals surface area contributed by atoms with Gasteiger partial charge in [-0.3, -0.25) is 9.59 Å². The third-order valence-electron chi connectivity index (χ3n) is 7.82. The highest BCUT2D eigenvalue weighted by Gasteiger charge is 2.54. The Morgan fingerprint density at radius 2 is 1.83 bits per heavy atom. The number of azo groups is 1. The first kappa shape index (κ1) is 19.2. The Labute approximate surface area is 176 Å². The lowest BCUT2D eigenvalue weighted by molar-refractivity contribution is -0.129. The SMILES string of the molecule is C[C@]12CCC3c4ccc(O)c(N=Nc5ccc([C]=O)cc5)c4CCC3C1CCC2=O. The van der Waals surface area contributed by atoms with Gasteiger partial charge in [-0.25, -0.2) is 0 Å². The van der Waals surface area contributed by atoms with Gasteiger partial charge in [0.15, 0.2) is 0 Å². The molecule has 0 amide bonds. The summed E-state index contributed by atoms with van der Waals surface area (Å²) in [5.74, 6) is 2.03. The molecule has 30 heavy (non-hydrogen) atoms. The van der Waals surface area contributed by atoms with Crippen molar-refractivity contribution in [2.45, 2.75) is 51.4 Å². The Morgan fingerprint density at radius 1 is 1.03 bits per heavy atom. The van der Waals surface area contributed by atoms with Crippen LogP contribution in [0.15, 0.2) is 46.6 Å². The molecular weight excluding hydrogens is 376 g/mol. The fourth-order valence-corrected chi connectivity index (χ4v) is 6.22. The van der Waals surface area contributed by atoms with Crippen molar-refractivity contribution in [1.29, 1.82) is 0 Å². The zero-order chi connectivity index (χ0) is 20.9. The molecule has 5 heteroatoms. The Balaban J connectivity index is 1.47. The van der Waals surface area contributed by atoms with E-state index in [2.05, 4.69) is 23.2 Å². The number of rotatable bonds is 3. The number of Topliss-reactive ketones (excluding diaryl/α,β-unsaturated/α-hetero) is 1. The van der Waals surface area contributed by atoms with Crippen molar-refractivity contribution in [3.63, 3.8) is 0 Å². The average molecular weight is 401 g/mol. The highest BCUT2D eigenvalue weighted by atomic mass is 16.3. The van der Waals surface area contributed by atoms with Crippen LogP contribution in [0.5, 0.6) is 5.75 Å². The van der Waals surface area contributed by atoms with Gasteiger partial charge in [0, 0.05) is 17.4 Å². The molecule has 1 radical (unpaired) electrons. The second-order valence-electron chi connectivity index (χ2n) is 9.18. The molecule has 2 saturated carbocycles. The number of ketones is 1. The van der Waals surface area contributed by atoms with E-state index in [-0.39, 0.29) is 11.2 Å². The summed E-state index contributed by atoms with van der Waals surface area (Å²) in [5, 5.41) is 19.2. The van der Waals surface area contributed by atoms with Crippen LogP contribution in [0.25, 0.3) is 0 Å². The number of fused-ring (bicyclic) bond motifs is 5. The highest BCUT2D eigenvalue weighted by Crippen LogP contribution is 2.60. The molecule has 2 aromatic carbocycles. The predicted octanol–water partition coefficient (Wildman–Crippen LogP) is 5.69. The van der Waals surface area contributed by atoms with Crippen LogP contribution in [0.2, 0.25) is 0 Å². The van der Waals surface area contributed by atoms with Gasteiger partial charge in [-0.15, -0.1) is 5.11 Å². The summed E-state index contributed by atoms with van der Waals surface area (Å²) in [6.45, 7) is 2.18. The predicted molar refractivity (Wildman–Crippen MR) is 113 cm³/mol. The maximum absolute atomic E-state index is 12.5. The molecule has 0 aromatic heterocycles. The number of hydrogen-bond donors (Lipinski definition) is 1. The van der Waals surface area contributed by atoms with Gasteiger partial charge in [0.1, 0.15) is 17.2 Å². The second kappa shape index (κ2) is 7.15. The number of hydrogen-bond acceptors (Lipinski definition) is 5. The maximum Gasteiger partial charge on any atom is 0.233 e. The fourth-order valence-electron chi connectivity index (χ4n) is 6.22. The number of aromatic hydroxyl groups is 1. The summed E-state index contributed by atoms with van der Waals surface area (Å²) < 4.78 is 0. The van der Waals surface area contributed by atoms with Gasteiger partial charge in [-0.1, -0.05) is 13.0 Å². The first-order valence-corrected chi connectivity index (χ1v) is 10.8. The van der Waals surface area contributed by atoms with E-state index in [0.717, 1.165) is 44.1 Å². The van der Waals surface area contributed by atoms with Crippen molar-refractivity contribution >= 4 is 23.4 Å². The molecule has 3 aliphatic rings. The molecule has 0 spiro atoms. The quantitative estimate of drug-likeness (QED) is 0.671. The molecule has 4 atom stereocenters. The van der Waals surface area contributed by atoms with Gasteiger partial charge >= 0.3 is 0 Å². The average Bonchev–Trinajstić information content (AvgIpc) is 3.07. The molecule has 0 saturated heterocycles. The lowest BCUT2D eigenvalue weighted by Crippen LogP contribution is -2.42. The molecule has 5 nitrogen and oxygen atoms in total. The first-order chi connectivity index (χ1) is 14.5. The van der Waals surface area contributed by atoms with Crippen molar-refractivity contribution in [3.05, 3.63) is 53.1 Å². The second-order valence-corrected chi connectivity index (χ2v) is 9.18. The molecule has 5 rings (SSSR count). The van der Waals surface area contributed by atoms with E-state index in [1.54, 1.807) is 30.3 Å². The van der Waals surface area contributed by atoms with Crippen LogP contribution in [0.4, 0.5) is 11.4 Å².